The van der Waals surface area contributed by atoms with Crippen LogP contribution in [0.15, 0.2) is 47.6 Å². The van der Waals surface area contributed by atoms with Crippen molar-refractivity contribution in [3.8, 4) is 16.9 Å². The molecule has 0 saturated carbocycles. The summed E-state index contributed by atoms with van der Waals surface area (Å²) in [5.74, 6) is -0.132. The predicted molar refractivity (Wildman–Crippen MR) is 222 cm³/mol. The van der Waals surface area contributed by atoms with Crippen LogP contribution in [0.5, 0.6) is 5.75 Å². The van der Waals surface area contributed by atoms with Crippen LogP contribution in [0.4, 0.5) is 0 Å². The number of pyridine rings is 1. The first kappa shape index (κ1) is 42.9. The third-order valence-electron chi connectivity index (χ3n) is 9.47. The number of H-pyrrole nitrogens is 1. The molecule has 4 aromatic rings. The van der Waals surface area contributed by atoms with E-state index in [2.05, 4.69) is 18.0 Å². The molecular weight excluding hydrogens is 695 g/mol. The number of imidazole rings is 1. The van der Waals surface area contributed by atoms with E-state index < -0.39 is 11.9 Å². The van der Waals surface area contributed by atoms with Crippen LogP contribution < -0.4 is 4.74 Å². The Hall–Kier alpha value is -3.85. The van der Waals surface area contributed by atoms with Crippen molar-refractivity contribution < 1.29 is 23.8 Å². The minimum absolute atomic E-state index is 0.257. The summed E-state index contributed by atoms with van der Waals surface area (Å²) in [6, 6.07) is 13.9. The van der Waals surface area contributed by atoms with Gasteiger partial charge in [-0.05, 0) is 78.1 Å². The second-order valence-electron chi connectivity index (χ2n) is 14.7. The van der Waals surface area contributed by atoms with Gasteiger partial charge < -0.3 is 19.2 Å². The lowest BCUT2D eigenvalue weighted by Crippen LogP contribution is -2.22. The van der Waals surface area contributed by atoms with Crippen LogP contribution in [0, 0.1) is 6.92 Å². The van der Waals surface area contributed by atoms with Crippen LogP contribution in [-0.4, -0.2) is 45.7 Å². The van der Waals surface area contributed by atoms with Gasteiger partial charge >= 0.3 is 11.9 Å². The molecule has 0 fully saturated rings. The molecule has 0 aliphatic carbocycles. The van der Waals surface area contributed by atoms with Gasteiger partial charge in [0.05, 0.1) is 52.4 Å². The molecular formula is C45H63N3O5S. The summed E-state index contributed by atoms with van der Waals surface area (Å²) >= 11 is 1.45. The minimum atomic E-state index is -0.537. The van der Waals surface area contributed by atoms with Gasteiger partial charge in [0.1, 0.15) is 5.75 Å². The molecule has 0 aliphatic heterocycles. The van der Waals surface area contributed by atoms with Gasteiger partial charge in [-0.25, -0.2) is 14.6 Å². The van der Waals surface area contributed by atoms with Crippen LogP contribution in [0.1, 0.15) is 163 Å². The van der Waals surface area contributed by atoms with Gasteiger partial charge in [0.2, 0.25) is 0 Å². The number of carbonyl (C=O) groups is 2. The molecule has 0 saturated heterocycles. The van der Waals surface area contributed by atoms with E-state index in [0.717, 1.165) is 41.4 Å². The maximum Gasteiger partial charge on any atom is 0.340 e. The maximum atomic E-state index is 14.3. The largest absolute Gasteiger partial charge is 0.493 e. The topological polar surface area (TPSA) is 103 Å². The molecule has 0 aliphatic rings. The number of nitrogens with one attached hydrogen (secondary N) is 1. The number of para-hydroxylation sites is 2. The van der Waals surface area contributed by atoms with Gasteiger partial charge in [0, 0.05) is 16.9 Å². The minimum Gasteiger partial charge on any atom is -0.493 e. The maximum absolute atomic E-state index is 14.3. The average Bonchev–Trinajstić information content (AvgIpc) is 3.55. The van der Waals surface area contributed by atoms with Crippen molar-refractivity contribution in [1.82, 2.24) is 15.0 Å². The first-order valence-corrected chi connectivity index (χ1v) is 21.4. The molecule has 0 bridgehead atoms. The van der Waals surface area contributed by atoms with Crippen molar-refractivity contribution in [2.24, 2.45) is 0 Å². The van der Waals surface area contributed by atoms with E-state index in [1.54, 1.807) is 0 Å². The van der Waals surface area contributed by atoms with Crippen molar-refractivity contribution in [3.05, 3.63) is 70.5 Å². The van der Waals surface area contributed by atoms with E-state index in [1.807, 2.05) is 77.9 Å². The Kier molecular flexibility index (Phi) is 17.9. The molecule has 0 amide bonds. The van der Waals surface area contributed by atoms with Crippen LogP contribution >= 0.6 is 11.8 Å². The van der Waals surface area contributed by atoms with Gasteiger partial charge in [-0.3, -0.25) is 4.98 Å². The summed E-state index contributed by atoms with van der Waals surface area (Å²) < 4.78 is 18.0. The quantitative estimate of drug-likeness (QED) is 0.0428. The van der Waals surface area contributed by atoms with E-state index >= 15 is 0 Å². The van der Waals surface area contributed by atoms with Gasteiger partial charge in [0.15, 0.2) is 5.16 Å². The number of hydrogen-bond acceptors (Lipinski definition) is 8. The smallest absolute Gasteiger partial charge is 0.340 e. The predicted octanol–water partition coefficient (Wildman–Crippen LogP) is 12.4. The summed E-state index contributed by atoms with van der Waals surface area (Å²) in [5.41, 5.74) is 5.51. The molecule has 0 spiro atoms. The fourth-order valence-electron chi connectivity index (χ4n) is 6.95. The Bertz CT molecular complexity index is 1750. The summed E-state index contributed by atoms with van der Waals surface area (Å²) in [5, 5.41) is 0.710. The molecule has 2 aromatic heterocycles. The Morgan fingerprint density at radius 3 is 1.89 bits per heavy atom. The molecule has 2 heterocycles. The monoisotopic (exact) mass is 757 g/mol. The molecule has 0 unspecified atom stereocenters. The van der Waals surface area contributed by atoms with Gasteiger partial charge in [-0.1, -0.05) is 120 Å². The number of esters is 2. The van der Waals surface area contributed by atoms with E-state index in [9.17, 15) is 9.59 Å². The lowest BCUT2D eigenvalue weighted by Gasteiger charge is -2.24. The highest BCUT2D eigenvalue weighted by molar-refractivity contribution is 7.98. The van der Waals surface area contributed by atoms with Gasteiger partial charge in [0.25, 0.3) is 0 Å². The normalized spacial score (nSPS) is 11.5. The number of hydrogen-bond donors (Lipinski definition) is 1. The number of nitrogens with zero attached hydrogens (tertiary/aromatic N) is 2. The van der Waals surface area contributed by atoms with Crippen LogP contribution in [0.25, 0.3) is 22.2 Å². The zero-order valence-corrected chi connectivity index (χ0v) is 34.7. The number of ether oxygens (including phenoxy) is 3. The first-order chi connectivity index (χ1) is 26.1. The second kappa shape index (κ2) is 22.5. The summed E-state index contributed by atoms with van der Waals surface area (Å²) in [6.07, 6.45) is 16.6. The standard InChI is InChI=1S/C45H63N3O5S/c1-8-10-11-12-13-14-15-16-17-18-19-20-21-25-34-26-24-29-38(51-9-2)40(34)42-39(43(49)52-31(3)4)33(7)46-37(41(42)44(50)53-32(5)6)30-54-45-47-35-27-22-23-28-36(35)48-45/h22-24,26-29,31-32H,8-21,25,30H2,1-7H3,(H,47,48). The molecule has 2 aromatic carbocycles. The highest BCUT2D eigenvalue weighted by Gasteiger charge is 2.33. The Labute approximate surface area is 328 Å². The lowest BCUT2D eigenvalue weighted by molar-refractivity contribution is 0.0377. The number of rotatable bonds is 24. The summed E-state index contributed by atoms with van der Waals surface area (Å²) in [7, 11) is 0. The first-order valence-electron chi connectivity index (χ1n) is 20.4. The SMILES string of the molecule is CCCCCCCCCCCCCCCc1cccc(OCC)c1-c1c(C(=O)OC(C)C)c(C)nc(CSc2nc3ccccc3[nH]2)c1C(=O)OC(C)C. The Balaban J connectivity index is 1.67. The number of aryl methyl sites for hydroxylation is 2. The average molecular weight is 758 g/mol. The van der Waals surface area contributed by atoms with E-state index in [4.69, 9.17) is 24.2 Å². The van der Waals surface area contributed by atoms with Crippen molar-refractivity contribution in [1.29, 1.82) is 0 Å². The van der Waals surface area contributed by atoms with Gasteiger partial charge in [-0.15, -0.1) is 0 Å². The molecule has 4 rings (SSSR count). The molecule has 8 nitrogen and oxygen atoms in total. The Morgan fingerprint density at radius 2 is 1.30 bits per heavy atom. The number of unbranched alkanes of at least 4 members (excludes halogenated alkanes) is 12. The number of carbonyl (C=O) groups excluding carboxylic acids is 2. The number of benzene rings is 2. The van der Waals surface area contributed by atoms with Crippen molar-refractivity contribution in [2.75, 3.05) is 6.61 Å². The summed E-state index contributed by atoms with van der Waals surface area (Å²) in [6.45, 7) is 13.7. The van der Waals surface area contributed by atoms with Crippen LogP contribution in [0.3, 0.4) is 0 Å². The zero-order chi connectivity index (χ0) is 38.9. The number of aromatic nitrogens is 3. The third-order valence-corrected chi connectivity index (χ3v) is 10.4. The number of aromatic amines is 1. The van der Waals surface area contributed by atoms with E-state index in [0.29, 0.717) is 40.2 Å². The highest BCUT2D eigenvalue weighted by atomic mass is 32.2. The molecule has 0 atom stereocenters. The van der Waals surface area contributed by atoms with Crippen molar-refractivity contribution in [2.45, 2.75) is 161 Å². The van der Waals surface area contributed by atoms with Crippen LogP contribution in [0.2, 0.25) is 0 Å². The van der Waals surface area contributed by atoms with E-state index in [1.165, 1.54) is 82.4 Å². The third kappa shape index (κ3) is 12.6. The number of thioether (sulfide) groups is 1. The number of fused-ring (bicyclic) bond motifs is 1. The molecule has 54 heavy (non-hydrogen) atoms. The highest BCUT2D eigenvalue weighted by Crippen LogP contribution is 2.42. The molecule has 0 radical (unpaired) electrons. The second-order valence-corrected chi connectivity index (χ2v) is 15.7. The molecule has 9 heteroatoms. The van der Waals surface area contributed by atoms with Crippen LogP contribution in [-0.2, 0) is 21.6 Å². The molecule has 1 N–H and O–H groups in total. The fraction of sp³-hybridized carbons (Fsp3) is 0.556. The fourth-order valence-corrected chi connectivity index (χ4v) is 7.77. The van der Waals surface area contributed by atoms with E-state index in [-0.39, 0.29) is 23.3 Å². The molecule has 294 valence electrons. The van der Waals surface area contributed by atoms with Crippen molar-refractivity contribution >= 4 is 34.7 Å². The lowest BCUT2D eigenvalue weighted by atomic mass is 9.87. The van der Waals surface area contributed by atoms with Crippen molar-refractivity contribution in [3.63, 3.8) is 0 Å². The van der Waals surface area contributed by atoms with Gasteiger partial charge in [-0.2, -0.15) is 0 Å². The summed E-state index contributed by atoms with van der Waals surface area (Å²) in [4.78, 5) is 41.4. The zero-order valence-electron chi connectivity index (χ0n) is 33.9. The Morgan fingerprint density at radius 1 is 0.704 bits per heavy atom.